The van der Waals surface area contributed by atoms with Crippen molar-refractivity contribution in [1.29, 1.82) is 0 Å². The summed E-state index contributed by atoms with van der Waals surface area (Å²) in [7, 11) is 1.34. The molecule has 2 rings (SSSR count). The summed E-state index contributed by atoms with van der Waals surface area (Å²) >= 11 is 0. The Hall–Kier alpha value is -1.88. The van der Waals surface area contributed by atoms with E-state index in [9.17, 15) is 9.59 Å². The lowest BCUT2D eigenvalue weighted by Crippen LogP contribution is -2.51. The highest BCUT2D eigenvalue weighted by atomic mass is 16.5. The largest absolute Gasteiger partial charge is 0.465 e. The number of carbonyl (C=O) groups excluding carboxylic acids is 2. The first-order valence-corrected chi connectivity index (χ1v) is 6.33. The van der Waals surface area contributed by atoms with E-state index in [2.05, 4.69) is 17.0 Å². The van der Waals surface area contributed by atoms with Crippen LogP contribution in [-0.2, 0) is 4.74 Å². The second-order valence-electron chi connectivity index (χ2n) is 4.68. The molecular weight excluding hydrogens is 244 g/mol. The summed E-state index contributed by atoms with van der Waals surface area (Å²) in [6.07, 6.45) is 0. The van der Waals surface area contributed by atoms with Crippen LogP contribution in [0.25, 0.3) is 0 Å². The molecule has 1 fully saturated rings. The molecule has 0 saturated carbocycles. The molecule has 1 aromatic rings. The van der Waals surface area contributed by atoms with E-state index in [-0.39, 0.29) is 5.91 Å². The van der Waals surface area contributed by atoms with Gasteiger partial charge in [-0.25, -0.2) is 4.79 Å². The SMILES string of the molecule is COC(=O)c1ccc(C(=O)N2CCN[C@H](C)C2)cc1. The molecule has 0 aromatic heterocycles. The summed E-state index contributed by atoms with van der Waals surface area (Å²) in [5, 5.41) is 3.29. The molecule has 1 amide bonds. The number of nitrogens with one attached hydrogen (secondary N) is 1. The molecule has 1 aliphatic rings. The Morgan fingerprint density at radius 1 is 1.26 bits per heavy atom. The van der Waals surface area contributed by atoms with Gasteiger partial charge in [-0.05, 0) is 31.2 Å². The maximum Gasteiger partial charge on any atom is 0.337 e. The van der Waals surface area contributed by atoms with Gasteiger partial charge < -0.3 is 15.0 Å². The summed E-state index contributed by atoms with van der Waals surface area (Å²) in [6.45, 7) is 4.28. The first-order chi connectivity index (χ1) is 9.11. The fourth-order valence-electron chi connectivity index (χ4n) is 2.17. The fourth-order valence-corrected chi connectivity index (χ4v) is 2.17. The van der Waals surface area contributed by atoms with Crippen LogP contribution in [-0.4, -0.2) is 49.6 Å². The number of hydrogen-bond acceptors (Lipinski definition) is 4. The minimum Gasteiger partial charge on any atom is -0.465 e. The van der Waals surface area contributed by atoms with E-state index < -0.39 is 5.97 Å². The lowest BCUT2D eigenvalue weighted by atomic mass is 10.1. The van der Waals surface area contributed by atoms with Crippen LogP contribution in [0.3, 0.4) is 0 Å². The molecule has 0 spiro atoms. The maximum atomic E-state index is 12.3. The van der Waals surface area contributed by atoms with Crippen molar-refractivity contribution in [2.75, 3.05) is 26.7 Å². The molecule has 0 radical (unpaired) electrons. The Kier molecular flexibility index (Phi) is 4.16. The number of benzene rings is 1. The Balaban J connectivity index is 2.09. The molecule has 1 saturated heterocycles. The topological polar surface area (TPSA) is 58.6 Å². The number of esters is 1. The van der Waals surface area contributed by atoms with Crippen molar-refractivity contribution in [3.8, 4) is 0 Å². The van der Waals surface area contributed by atoms with E-state index in [1.54, 1.807) is 24.3 Å². The predicted octanol–water partition coefficient (Wildman–Crippen LogP) is 0.907. The molecule has 1 aliphatic heterocycles. The standard InChI is InChI=1S/C14H18N2O3/c1-10-9-16(8-7-15-10)13(17)11-3-5-12(6-4-11)14(18)19-2/h3-6,10,15H,7-9H2,1-2H3/t10-/m1/s1. The lowest BCUT2D eigenvalue weighted by Gasteiger charge is -2.32. The van der Waals surface area contributed by atoms with Crippen molar-refractivity contribution in [3.63, 3.8) is 0 Å². The van der Waals surface area contributed by atoms with Crippen LogP contribution >= 0.6 is 0 Å². The summed E-state index contributed by atoms with van der Waals surface area (Å²) in [6, 6.07) is 6.88. The van der Waals surface area contributed by atoms with E-state index in [4.69, 9.17) is 0 Å². The minimum absolute atomic E-state index is 0.00441. The summed E-state index contributed by atoms with van der Waals surface area (Å²) in [5.74, 6) is -0.389. The first kappa shape index (κ1) is 13.5. The molecule has 1 N–H and O–H groups in total. The molecule has 5 heteroatoms. The van der Waals surface area contributed by atoms with E-state index in [1.807, 2.05) is 4.90 Å². The van der Waals surface area contributed by atoms with Crippen molar-refractivity contribution in [2.45, 2.75) is 13.0 Å². The highest BCUT2D eigenvalue weighted by molar-refractivity contribution is 5.96. The minimum atomic E-state index is -0.394. The van der Waals surface area contributed by atoms with Crippen molar-refractivity contribution in [1.82, 2.24) is 10.2 Å². The van der Waals surface area contributed by atoms with Crippen LogP contribution in [0.4, 0.5) is 0 Å². The average molecular weight is 262 g/mol. The second-order valence-corrected chi connectivity index (χ2v) is 4.68. The number of piperazine rings is 1. The monoisotopic (exact) mass is 262 g/mol. The van der Waals surface area contributed by atoms with E-state index in [0.717, 1.165) is 6.54 Å². The van der Waals surface area contributed by atoms with Gasteiger partial charge in [0.2, 0.25) is 0 Å². The molecule has 19 heavy (non-hydrogen) atoms. The Morgan fingerprint density at radius 3 is 2.47 bits per heavy atom. The zero-order valence-corrected chi connectivity index (χ0v) is 11.2. The number of nitrogens with zero attached hydrogens (tertiary/aromatic N) is 1. The number of amides is 1. The van der Waals surface area contributed by atoms with E-state index in [1.165, 1.54) is 7.11 Å². The van der Waals surface area contributed by atoms with Crippen LogP contribution < -0.4 is 5.32 Å². The third kappa shape index (κ3) is 3.12. The van der Waals surface area contributed by atoms with Crippen LogP contribution in [0.15, 0.2) is 24.3 Å². The zero-order chi connectivity index (χ0) is 13.8. The molecule has 1 heterocycles. The van der Waals surface area contributed by atoms with Crippen LogP contribution in [0, 0.1) is 0 Å². The summed E-state index contributed by atoms with van der Waals surface area (Å²) in [5.41, 5.74) is 1.05. The fraction of sp³-hybridized carbons (Fsp3) is 0.429. The van der Waals surface area contributed by atoms with Gasteiger partial charge in [0.05, 0.1) is 12.7 Å². The van der Waals surface area contributed by atoms with Gasteiger partial charge in [0.1, 0.15) is 0 Å². The number of carbonyl (C=O) groups is 2. The van der Waals surface area contributed by atoms with Gasteiger partial charge in [-0.3, -0.25) is 4.79 Å². The Labute approximate surface area is 112 Å². The van der Waals surface area contributed by atoms with Crippen molar-refractivity contribution in [3.05, 3.63) is 35.4 Å². The van der Waals surface area contributed by atoms with E-state index in [0.29, 0.717) is 30.3 Å². The Morgan fingerprint density at radius 2 is 1.89 bits per heavy atom. The zero-order valence-electron chi connectivity index (χ0n) is 11.2. The normalized spacial score (nSPS) is 19.1. The van der Waals surface area contributed by atoms with Crippen molar-refractivity contribution in [2.24, 2.45) is 0 Å². The molecule has 0 aliphatic carbocycles. The highest BCUT2D eigenvalue weighted by Crippen LogP contribution is 2.10. The van der Waals surface area contributed by atoms with Crippen LogP contribution in [0.5, 0.6) is 0 Å². The molecule has 102 valence electrons. The molecular formula is C14H18N2O3. The van der Waals surface area contributed by atoms with Gasteiger partial charge in [0, 0.05) is 31.2 Å². The van der Waals surface area contributed by atoms with Crippen molar-refractivity contribution < 1.29 is 14.3 Å². The number of rotatable bonds is 2. The highest BCUT2D eigenvalue weighted by Gasteiger charge is 2.21. The number of methoxy groups -OCH3 is 1. The molecule has 1 atom stereocenters. The smallest absolute Gasteiger partial charge is 0.337 e. The van der Waals surface area contributed by atoms with Crippen molar-refractivity contribution >= 4 is 11.9 Å². The predicted molar refractivity (Wildman–Crippen MR) is 71.1 cm³/mol. The maximum absolute atomic E-state index is 12.3. The first-order valence-electron chi connectivity index (χ1n) is 6.33. The second kappa shape index (κ2) is 5.84. The molecule has 1 aromatic carbocycles. The average Bonchev–Trinajstić information content (AvgIpc) is 2.46. The van der Waals surface area contributed by atoms with Gasteiger partial charge in [-0.15, -0.1) is 0 Å². The number of ether oxygens (including phenoxy) is 1. The van der Waals surface area contributed by atoms with Gasteiger partial charge >= 0.3 is 5.97 Å². The lowest BCUT2D eigenvalue weighted by molar-refractivity contribution is 0.0599. The van der Waals surface area contributed by atoms with Gasteiger partial charge in [0.15, 0.2) is 0 Å². The summed E-state index contributed by atoms with van der Waals surface area (Å²) in [4.78, 5) is 25.4. The molecule has 5 nitrogen and oxygen atoms in total. The number of hydrogen-bond donors (Lipinski definition) is 1. The van der Waals surface area contributed by atoms with Gasteiger partial charge in [0.25, 0.3) is 5.91 Å². The van der Waals surface area contributed by atoms with Gasteiger partial charge in [-0.1, -0.05) is 0 Å². The van der Waals surface area contributed by atoms with Crippen LogP contribution in [0.2, 0.25) is 0 Å². The summed E-state index contributed by atoms with van der Waals surface area (Å²) < 4.78 is 4.62. The molecule has 0 bridgehead atoms. The van der Waals surface area contributed by atoms with Gasteiger partial charge in [-0.2, -0.15) is 0 Å². The Bertz CT molecular complexity index is 470. The van der Waals surface area contributed by atoms with Crippen LogP contribution in [0.1, 0.15) is 27.6 Å². The quantitative estimate of drug-likeness (QED) is 0.805. The molecule has 0 unspecified atom stereocenters. The third-order valence-electron chi connectivity index (χ3n) is 3.21. The third-order valence-corrected chi connectivity index (χ3v) is 3.21. The van der Waals surface area contributed by atoms with E-state index >= 15 is 0 Å².